The van der Waals surface area contributed by atoms with Gasteiger partial charge in [-0.15, -0.1) is 0 Å². The summed E-state index contributed by atoms with van der Waals surface area (Å²) >= 11 is 0. The maximum Gasteiger partial charge on any atom is 0.136 e. The summed E-state index contributed by atoms with van der Waals surface area (Å²) in [5, 5.41) is 4.20. The zero-order valence-electron chi connectivity index (χ0n) is 20.3. The molecule has 8 rings (SSSR count). The van der Waals surface area contributed by atoms with Crippen LogP contribution < -0.4 is 0 Å². The molecular formula is C34H20N2O2. The van der Waals surface area contributed by atoms with E-state index in [-0.39, 0.29) is 0 Å². The molecule has 0 saturated heterocycles. The first kappa shape index (κ1) is 20.9. The number of fused-ring (bicyclic) bond motifs is 6. The van der Waals surface area contributed by atoms with Gasteiger partial charge < -0.3 is 8.83 Å². The highest BCUT2D eigenvalue weighted by atomic mass is 16.3. The molecule has 8 aromatic rings. The second kappa shape index (κ2) is 8.15. The lowest BCUT2D eigenvalue weighted by Crippen LogP contribution is -1.89. The number of benzene rings is 4. The Morgan fingerprint density at radius 3 is 1.71 bits per heavy atom. The third-order valence-corrected chi connectivity index (χ3v) is 7.14. The standard InChI is InChI=1S/C34H20N2O2/c1-2-7-21(8-3-1)22-12-14-31-24(17-22)26-19-34-27(20-33(26)37-31)25-18-23(13-15-32(25)38-34)28-10-6-11-30(36-28)29-9-4-5-16-35-29/h1-20H. The normalized spacial score (nSPS) is 11.7. The minimum Gasteiger partial charge on any atom is -0.456 e. The van der Waals surface area contributed by atoms with Gasteiger partial charge in [0.25, 0.3) is 0 Å². The van der Waals surface area contributed by atoms with Gasteiger partial charge >= 0.3 is 0 Å². The summed E-state index contributed by atoms with van der Waals surface area (Å²) in [6.07, 6.45) is 1.79. The first-order valence-corrected chi connectivity index (χ1v) is 12.6. The van der Waals surface area contributed by atoms with Crippen LogP contribution in [0.1, 0.15) is 0 Å². The fourth-order valence-corrected chi connectivity index (χ4v) is 5.27. The Bertz CT molecular complexity index is 2120. The van der Waals surface area contributed by atoms with Crippen molar-refractivity contribution in [2.75, 3.05) is 0 Å². The molecule has 0 spiro atoms. The molecule has 0 aliphatic rings. The van der Waals surface area contributed by atoms with Gasteiger partial charge in [0, 0.05) is 33.3 Å². The summed E-state index contributed by atoms with van der Waals surface area (Å²) in [5.41, 5.74) is 9.36. The van der Waals surface area contributed by atoms with E-state index < -0.39 is 0 Å². The van der Waals surface area contributed by atoms with Crippen molar-refractivity contribution in [2.24, 2.45) is 0 Å². The molecule has 0 amide bonds. The Hall–Kier alpha value is -5.22. The van der Waals surface area contributed by atoms with Crippen molar-refractivity contribution < 1.29 is 8.83 Å². The van der Waals surface area contributed by atoms with Gasteiger partial charge in [-0.25, -0.2) is 4.98 Å². The van der Waals surface area contributed by atoms with Crippen LogP contribution in [0, 0.1) is 0 Å². The number of rotatable bonds is 3. The number of aromatic nitrogens is 2. The molecular weight excluding hydrogens is 468 g/mol. The van der Waals surface area contributed by atoms with E-state index >= 15 is 0 Å². The van der Waals surface area contributed by atoms with E-state index in [0.29, 0.717) is 0 Å². The zero-order chi connectivity index (χ0) is 25.1. The van der Waals surface area contributed by atoms with Crippen molar-refractivity contribution in [1.82, 2.24) is 9.97 Å². The average Bonchev–Trinajstić information content (AvgIpc) is 3.53. The molecule has 38 heavy (non-hydrogen) atoms. The quantitative estimate of drug-likeness (QED) is 0.249. The minimum atomic E-state index is 0.839. The lowest BCUT2D eigenvalue weighted by Gasteiger charge is -2.04. The van der Waals surface area contributed by atoms with E-state index in [2.05, 4.69) is 71.7 Å². The monoisotopic (exact) mass is 488 g/mol. The van der Waals surface area contributed by atoms with Crippen LogP contribution in [0.2, 0.25) is 0 Å². The summed E-state index contributed by atoms with van der Waals surface area (Å²) in [6.45, 7) is 0. The van der Waals surface area contributed by atoms with Crippen LogP contribution in [-0.2, 0) is 0 Å². The molecule has 0 fully saturated rings. The van der Waals surface area contributed by atoms with Crippen molar-refractivity contribution in [3.63, 3.8) is 0 Å². The smallest absolute Gasteiger partial charge is 0.136 e. The first-order valence-electron chi connectivity index (χ1n) is 12.6. The van der Waals surface area contributed by atoms with Gasteiger partial charge in [0.05, 0.1) is 17.1 Å². The molecule has 0 unspecified atom stereocenters. The van der Waals surface area contributed by atoms with E-state index in [1.807, 2.05) is 48.5 Å². The second-order valence-electron chi connectivity index (χ2n) is 9.46. The Morgan fingerprint density at radius 2 is 1.00 bits per heavy atom. The van der Waals surface area contributed by atoms with Crippen LogP contribution in [0.4, 0.5) is 0 Å². The predicted molar refractivity (Wildman–Crippen MR) is 153 cm³/mol. The van der Waals surface area contributed by atoms with Gasteiger partial charge in [0.15, 0.2) is 0 Å². The third kappa shape index (κ3) is 3.31. The number of nitrogens with zero attached hydrogens (tertiary/aromatic N) is 2. The third-order valence-electron chi connectivity index (χ3n) is 7.14. The van der Waals surface area contributed by atoms with Gasteiger partial charge in [-0.1, -0.05) is 48.5 Å². The molecule has 4 heterocycles. The lowest BCUT2D eigenvalue weighted by atomic mass is 10.0. The number of hydrogen-bond donors (Lipinski definition) is 0. The van der Waals surface area contributed by atoms with E-state index in [4.69, 9.17) is 13.8 Å². The van der Waals surface area contributed by atoms with E-state index in [0.717, 1.165) is 72.1 Å². The van der Waals surface area contributed by atoms with E-state index in [9.17, 15) is 0 Å². The predicted octanol–water partition coefficient (Wildman–Crippen LogP) is 9.28. The highest BCUT2D eigenvalue weighted by molar-refractivity contribution is 6.15. The molecule has 4 aromatic carbocycles. The summed E-state index contributed by atoms with van der Waals surface area (Å²) in [5.74, 6) is 0. The lowest BCUT2D eigenvalue weighted by molar-refractivity contribution is 0.664. The van der Waals surface area contributed by atoms with Crippen LogP contribution in [-0.4, -0.2) is 9.97 Å². The minimum absolute atomic E-state index is 0.839. The second-order valence-corrected chi connectivity index (χ2v) is 9.46. The summed E-state index contributed by atoms with van der Waals surface area (Å²) in [7, 11) is 0. The van der Waals surface area contributed by atoms with Crippen molar-refractivity contribution in [3.8, 4) is 33.8 Å². The first-order chi connectivity index (χ1) is 18.8. The molecule has 0 aliphatic carbocycles. The Morgan fingerprint density at radius 1 is 0.395 bits per heavy atom. The van der Waals surface area contributed by atoms with Crippen LogP contribution >= 0.6 is 0 Å². The molecule has 4 aromatic heterocycles. The zero-order valence-corrected chi connectivity index (χ0v) is 20.3. The molecule has 0 radical (unpaired) electrons. The van der Waals surface area contributed by atoms with E-state index in [1.165, 1.54) is 5.56 Å². The van der Waals surface area contributed by atoms with Gasteiger partial charge in [0.2, 0.25) is 0 Å². The molecule has 0 bridgehead atoms. The Labute approximate surface area is 217 Å². The number of furan rings is 2. The van der Waals surface area contributed by atoms with Crippen molar-refractivity contribution in [2.45, 2.75) is 0 Å². The fraction of sp³-hybridized carbons (Fsp3) is 0. The Kier molecular flexibility index (Phi) is 4.49. The van der Waals surface area contributed by atoms with Gasteiger partial charge in [-0.2, -0.15) is 0 Å². The molecule has 0 aliphatic heterocycles. The SMILES string of the molecule is c1ccc(-c2ccc3oc4cc5c(cc4c3c2)oc2ccc(-c3cccc(-c4ccccn4)n3)cc25)cc1. The van der Waals surface area contributed by atoms with Crippen molar-refractivity contribution >= 4 is 43.9 Å². The van der Waals surface area contributed by atoms with Crippen molar-refractivity contribution in [3.05, 3.63) is 121 Å². The van der Waals surface area contributed by atoms with Gasteiger partial charge in [-0.3, -0.25) is 4.98 Å². The highest BCUT2D eigenvalue weighted by Crippen LogP contribution is 2.39. The van der Waals surface area contributed by atoms with Gasteiger partial charge in [0.1, 0.15) is 22.3 Å². The molecule has 4 heteroatoms. The molecule has 4 nitrogen and oxygen atoms in total. The molecule has 0 saturated carbocycles. The Balaban J connectivity index is 1.27. The number of hydrogen-bond acceptors (Lipinski definition) is 4. The van der Waals surface area contributed by atoms with Crippen LogP contribution in [0.15, 0.2) is 130 Å². The number of pyridine rings is 2. The van der Waals surface area contributed by atoms with Gasteiger partial charge in [-0.05, 0) is 77.9 Å². The van der Waals surface area contributed by atoms with Crippen LogP contribution in [0.5, 0.6) is 0 Å². The van der Waals surface area contributed by atoms with Crippen LogP contribution in [0.25, 0.3) is 77.6 Å². The average molecular weight is 489 g/mol. The fourth-order valence-electron chi connectivity index (χ4n) is 5.27. The topological polar surface area (TPSA) is 52.1 Å². The molecule has 0 atom stereocenters. The largest absolute Gasteiger partial charge is 0.456 e. The highest BCUT2D eigenvalue weighted by Gasteiger charge is 2.15. The molecule has 178 valence electrons. The maximum absolute atomic E-state index is 6.31. The molecule has 0 N–H and O–H groups in total. The van der Waals surface area contributed by atoms with Crippen LogP contribution in [0.3, 0.4) is 0 Å². The van der Waals surface area contributed by atoms with Crippen molar-refractivity contribution in [1.29, 1.82) is 0 Å². The summed E-state index contributed by atoms with van der Waals surface area (Å²) < 4.78 is 12.6. The summed E-state index contributed by atoms with van der Waals surface area (Å²) in [6, 6.07) is 39.1. The summed E-state index contributed by atoms with van der Waals surface area (Å²) in [4.78, 5) is 9.33. The maximum atomic E-state index is 6.31. The van der Waals surface area contributed by atoms with E-state index in [1.54, 1.807) is 6.20 Å².